The molecule has 0 atom stereocenters. The molecular formula is C12H12BrN5S. The van der Waals surface area contributed by atoms with E-state index in [1.165, 1.54) is 0 Å². The van der Waals surface area contributed by atoms with Gasteiger partial charge in [-0.1, -0.05) is 0 Å². The minimum Gasteiger partial charge on any atom is -0.369 e. The number of aromatic nitrogens is 2. The summed E-state index contributed by atoms with van der Waals surface area (Å²) in [4.78, 5) is 8.61. The first kappa shape index (κ1) is 13.8. The minimum absolute atomic E-state index is 0.448. The zero-order chi connectivity index (χ0) is 13.7. The third-order valence-electron chi connectivity index (χ3n) is 2.21. The van der Waals surface area contributed by atoms with Crippen molar-refractivity contribution in [2.75, 3.05) is 17.2 Å². The Kier molecular flexibility index (Phi) is 4.71. The molecule has 2 aromatic heterocycles. The SMILES string of the molecule is Cc1nc(NCCC#N)cc(Nc2ccc(Br)s2)n1. The fourth-order valence-electron chi connectivity index (χ4n) is 1.48. The number of rotatable bonds is 5. The second kappa shape index (κ2) is 6.50. The van der Waals surface area contributed by atoms with Crippen LogP contribution in [0.15, 0.2) is 22.0 Å². The number of nitriles is 1. The van der Waals surface area contributed by atoms with Crippen molar-refractivity contribution in [3.05, 3.63) is 27.8 Å². The third-order valence-corrected chi connectivity index (χ3v) is 3.74. The van der Waals surface area contributed by atoms with E-state index in [0.29, 0.717) is 18.8 Å². The van der Waals surface area contributed by atoms with Crippen LogP contribution in [0.3, 0.4) is 0 Å². The van der Waals surface area contributed by atoms with Gasteiger partial charge in [0.2, 0.25) is 0 Å². The Balaban J connectivity index is 2.10. The van der Waals surface area contributed by atoms with Crippen molar-refractivity contribution in [2.45, 2.75) is 13.3 Å². The first-order chi connectivity index (χ1) is 9.17. The first-order valence-corrected chi connectivity index (χ1v) is 7.27. The van der Waals surface area contributed by atoms with Crippen LogP contribution in [-0.4, -0.2) is 16.5 Å². The number of nitrogens with zero attached hydrogens (tertiary/aromatic N) is 3. The molecule has 5 nitrogen and oxygen atoms in total. The van der Waals surface area contributed by atoms with E-state index in [4.69, 9.17) is 5.26 Å². The van der Waals surface area contributed by atoms with Gasteiger partial charge in [0.15, 0.2) is 0 Å². The minimum atomic E-state index is 0.448. The lowest BCUT2D eigenvalue weighted by atomic mass is 10.4. The molecule has 2 aromatic rings. The molecule has 0 spiro atoms. The van der Waals surface area contributed by atoms with Gasteiger partial charge in [0, 0.05) is 12.6 Å². The highest BCUT2D eigenvalue weighted by molar-refractivity contribution is 9.11. The molecule has 7 heteroatoms. The van der Waals surface area contributed by atoms with E-state index < -0.39 is 0 Å². The van der Waals surface area contributed by atoms with Gasteiger partial charge >= 0.3 is 0 Å². The quantitative estimate of drug-likeness (QED) is 0.814. The average molecular weight is 338 g/mol. The van der Waals surface area contributed by atoms with E-state index in [1.807, 2.05) is 25.1 Å². The lowest BCUT2D eigenvalue weighted by Crippen LogP contribution is -2.05. The Morgan fingerprint density at radius 2 is 2.16 bits per heavy atom. The Morgan fingerprint density at radius 3 is 2.84 bits per heavy atom. The van der Waals surface area contributed by atoms with Gasteiger partial charge in [-0.3, -0.25) is 0 Å². The van der Waals surface area contributed by atoms with Crippen molar-refractivity contribution >= 4 is 43.9 Å². The first-order valence-electron chi connectivity index (χ1n) is 5.66. The maximum Gasteiger partial charge on any atom is 0.136 e. The van der Waals surface area contributed by atoms with Crippen molar-refractivity contribution < 1.29 is 0 Å². The van der Waals surface area contributed by atoms with E-state index in [0.717, 1.165) is 20.4 Å². The summed E-state index contributed by atoms with van der Waals surface area (Å²) in [5.74, 6) is 2.14. The number of nitrogens with one attached hydrogen (secondary N) is 2. The second-order valence-electron chi connectivity index (χ2n) is 3.75. The zero-order valence-corrected chi connectivity index (χ0v) is 12.7. The normalized spacial score (nSPS) is 9.95. The summed E-state index contributed by atoms with van der Waals surface area (Å²) in [7, 11) is 0. The Hall–Kier alpha value is -1.65. The van der Waals surface area contributed by atoms with Crippen LogP contribution in [-0.2, 0) is 0 Å². The molecule has 0 unspecified atom stereocenters. The summed E-state index contributed by atoms with van der Waals surface area (Å²) in [5, 5.41) is 15.8. The van der Waals surface area contributed by atoms with E-state index in [-0.39, 0.29) is 0 Å². The Labute approximate surface area is 123 Å². The lowest BCUT2D eigenvalue weighted by Gasteiger charge is -2.08. The van der Waals surface area contributed by atoms with E-state index in [2.05, 4.69) is 42.6 Å². The van der Waals surface area contributed by atoms with Crippen LogP contribution in [0.2, 0.25) is 0 Å². The summed E-state index contributed by atoms with van der Waals surface area (Å²) >= 11 is 5.02. The Morgan fingerprint density at radius 1 is 1.37 bits per heavy atom. The molecule has 0 aliphatic rings. The van der Waals surface area contributed by atoms with Gasteiger partial charge in [-0.05, 0) is 35.0 Å². The molecule has 0 saturated carbocycles. The molecule has 2 N–H and O–H groups in total. The predicted octanol–water partition coefficient (Wildman–Crippen LogP) is 3.68. The molecule has 0 fully saturated rings. The highest BCUT2D eigenvalue weighted by Crippen LogP contribution is 2.29. The number of aryl methyl sites for hydroxylation is 1. The number of halogens is 1. The molecule has 0 radical (unpaired) electrons. The number of hydrogen-bond donors (Lipinski definition) is 2. The monoisotopic (exact) mass is 337 g/mol. The van der Waals surface area contributed by atoms with Gasteiger partial charge in [-0.15, -0.1) is 11.3 Å². The molecular weight excluding hydrogens is 326 g/mol. The predicted molar refractivity (Wildman–Crippen MR) is 80.8 cm³/mol. The Bertz CT molecular complexity index is 604. The summed E-state index contributed by atoms with van der Waals surface area (Å²) in [6, 6.07) is 7.88. The van der Waals surface area contributed by atoms with Crippen molar-refractivity contribution in [2.24, 2.45) is 0 Å². The van der Waals surface area contributed by atoms with Crippen LogP contribution in [0.5, 0.6) is 0 Å². The summed E-state index contributed by atoms with van der Waals surface area (Å²) in [6.45, 7) is 2.42. The molecule has 0 bridgehead atoms. The maximum atomic E-state index is 8.51. The van der Waals surface area contributed by atoms with Crippen molar-refractivity contribution in [3.8, 4) is 6.07 Å². The topological polar surface area (TPSA) is 73.6 Å². The standard InChI is InChI=1S/C12H12BrN5S/c1-8-16-10(15-6-2-5-14)7-11(17-8)18-12-4-3-9(13)19-12/h3-4,7H,2,6H2,1H3,(H2,15,16,17,18). The van der Waals surface area contributed by atoms with E-state index in [9.17, 15) is 0 Å². The molecule has 0 aliphatic heterocycles. The molecule has 0 aromatic carbocycles. The van der Waals surface area contributed by atoms with Crippen LogP contribution in [0.4, 0.5) is 16.6 Å². The van der Waals surface area contributed by atoms with E-state index >= 15 is 0 Å². The molecule has 0 saturated heterocycles. The van der Waals surface area contributed by atoms with Gasteiger partial charge in [-0.25, -0.2) is 9.97 Å². The largest absolute Gasteiger partial charge is 0.369 e. The van der Waals surface area contributed by atoms with Crippen molar-refractivity contribution in [1.29, 1.82) is 5.26 Å². The number of hydrogen-bond acceptors (Lipinski definition) is 6. The molecule has 2 rings (SSSR count). The molecule has 0 amide bonds. The fourth-order valence-corrected chi connectivity index (χ4v) is 2.77. The fraction of sp³-hybridized carbons (Fsp3) is 0.250. The molecule has 0 aliphatic carbocycles. The molecule has 2 heterocycles. The van der Waals surface area contributed by atoms with Crippen LogP contribution >= 0.6 is 27.3 Å². The third kappa shape index (κ3) is 4.19. The number of anilines is 3. The van der Waals surface area contributed by atoms with Crippen molar-refractivity contribution in [3.63, 3.8) is 0 Å². The van der Waals surface area contributed by atoms with Crippen LogP contribution in [0.1, 0.15) is 12.2 Å². The maximum absolute atomic E-state index is 8.51. The second-order valence-corrected chi connectivity index (χ2v) is 6.21. The highest BCUT2D eigenvalue weighted by atomic mass is 79.9. The summed E-state index contributed by atoms with van der Waals surface area (Å²) in [5.41, 5.74) is 0. The molecule has 98 valence electrons. The zero-order valence-electron chi connectivity index (χ0n) is 10.3. The lowest BCUT2D eigenvalue weighted by molar-refractivity contribution is 1.01. The van der Waals surface area contributed by atoms with Crippen LogP contribution in [0, 0.1) is 18.3 Å². The average Bonchev–Trinajstić information content (AvgIpc) is 2.74. The van der Waals surface area contributed by atoms with Gasteiger partial charge in [-0.2, -0.15) is 5.26 Å². The van der Waals surface area contributed by atoms with Gasteiger partial charge < -0.3 is 10.6 Å². The smallest absolute Gasteiger partial charge is 0.136 e. The van der Waals surface area contributed by atoms with Crippen LogP contribution in [0.25, 0.3) is 0 Å². The van der Waals surface area contributed by atoms with Crippen molar-refractivity contribution in [1.82, 2.24) is 9.97 Å². The number of thiophene rings is 1. The van der Waals surface area contributed by atoms with Gasteiger partial charge in [0.05, 0.1) is 21.3 Å². The summed E-state index contributed by atoms with van der Waals surface area (Å²) < 4.78 is 1.06. The highest BCUT2D eigenvalue weighted by Gasteiger charge is 2.03. The summed E-state index contributed by atoms with van der Waals surface area (Å²) in [6.07, 6.45) is 0.448. The van der Waals surface area contributed by atoms with Crippen LogP contribution < -0.4 is 10.6 Å². The molecule has 19 heavy (non-hydrogen) atoms. The van der Waals surface area contributed by atoms with Gasteiger partial charge in [0.1, 0.15) is 17.5 Å². The van der Waals surface area contributed by atoms with E-state index in [1.54, 1.807) is 11.3 Å². The van der Waals surface area contributed by atoms with Gasteiger partial charge in [0.25, 0.3) is 0 Å².